The zero-order valence-corrected chi connectivity index (χ0v) is 5.83. The summed E-state index contributed by atoms with van der Waals surface area (Å²) < 4.78 is 0. The van der Waals surface area contributed by atoms with Gasteiger partial charge in [-0.3, -0.25) is 0 Å². The monoisotopic (exact) mass is 133 g/mol. The number of hydrogen-bond acceptors (Lipinski definition) is 1. The van der Waals surface area contributed by atoms with Gasteiger partial charge in [0, 0.05) is 0 Å². The molecule has 1 aromatic carbocycles. The Morgan fingerprint density at radius 2 is 1.90 bits per heavy atom. The molecule has 0 unspecified atom stereocenters. The number of benzene rings is 1. The molecule has 2 heteroatoms. The Balaban J connectivity index is 2.67. The quantitative estimate of drug-likeness (QED) is 0.452. The van der Waals surface area contributed by atoms with Gasteiger partial charge < -0.3 is 10.7 Å². The summed E-state index contributed by atoms with van der Waals surface area (Å²) in [6, 6.07) is 9.48. The van der Waals surface area contributed by atoms with Gasteiger partial charge in [-0.1, -0.05) is 36.2 Å². The highest BCUT2D eigenvalue weighted by Gasteiger charge is 1.79. The van der Waals surface area contributed by atoms with Crippen LogP contribution in [0.25, 0.3) is 5.32 Å². The van der Waals surface area contributed by atoms with Gasteiger partial charge in [0.2, 0.25) is 0 Å². The molecular formula is C8H9N2-. The molecule has 0 aliphatic heterocycles. The van der Waals surface area contributed by atoms with Crippen LogP contribution in [0.3, 0.4) is 0 Å². The summed E-state index contributed by atoms with van der Waals surface area (Å²) in [5, 5.41) is 11.0. The summed E-state index contributed by atoms with van der Waals surface area (Å²) in [4.78, 5) is 0. The van der Waals surface area contributed by atoms with Crippen LogP contribution < -0.4 is 0 Å². The van der Waals surface area contributed by atoms with Crippen molar-refractivity contribution in [3.8, 4) is 0 Å². The van der Waals surface area contributed by atoms with Crippen molar-refractivity contribution in [1.82, 2.24) is 0 Å². The molecule has 1 rings (SSSR count). The molecule has 0 radical (unpaired) electrons. The minimum absolute atomic E-state index is 0.339. The lowest BCUT2D eigenvalue weighted by Crippen LogP contribution is -1.80. The van der Waals surface area contributed by atoms with Crippen LogP contribution in [0.2, 0.25) is 0 Å². The molecule has 0 heterocycles. The van der Waals surface area contributed by atoms with Gasteiger partial charge in [0.15, 0.2) is 0 Å². The molecule has 0 atom stereocenters. The standard InChI is InChI=1S/C8H9N2/c1-7(9)10-8-5-3-2-4-6-8/h2-6H,1H3,(H-,9,10)/q-1. The average molecular weight is 133 g/mol. The minimum atomic E-state index is 0.339. The van der Waals surface area contributed by atoms with E-state index in [0.717, 1.165) is 5.69 Å². The molecular weight excluding hydrogens is 124 g/mol. The molecule has 10 heavy (non-hydrogen) atoms. The van der Waals surface area contributed by atoms with E-state index in [1.807, 2.05) is 30.3 Å². The molecule has 0 amide bonds. The highest BCUT2D eigenvalue weighted by atomic mass is 14.9. The van der Waals surface area contributed by atoms with E-state index in [-0.39, 0.29) is 0 Å². The van der Waals surface area contributed by atoms with Gasteiger partial charge in [0.05, 0.1) is 0 Å². The maximum Gasteiger partial charge on any atom is -0.0417 e. The second-order valence-electron chi connectivity index (χ2n) is 2.03. The van der Waals surface area contributed by atoms with Crippen LogP contribution >= 0.6 is 0 Å². The fourth-order valence-electron chi connectivity index (χ4n) is 0.696. The highest BCUT2D eigenvalue weighted by molar-refractivity contribution is 5.96. The van der Waals surface area contributed by atoms with Crippen molar-refractivity contribution in [3.05, 3.63) is 35.6 Å². The maximum atomic E-state index is 7.07. The summed E-state index contributed by atoms with van der Waals surface area (Å²) in [7, 11) is 0. The lowest BCUT2D eigenvalue weighted by molar-refractivity contribution is 1.47. The van der Waals surface area contributed by atoms with Crippen molar-refractivity contribution in [2.75, 3.05) is 0 Å². The predicted octanol–water partition coefficient (Wildman–Crippen LogP) is 2.69. The number of nitrogens with one attached hydrogen (secondary N) is 1. The molecule has 0 bridgehead atoms. The molecule has 0 saturated heterocycles. The Labute approximate surface area is 60.4 Å². The van der Waals surface area contributed by atoms with Crippen LogP contribution in [0, 0.1) is 5.41 Å². The molecule has 0 fully saturated rings. The lowest BCUT2D eigenvalue weighted by atomic mass is 10.3. The third-order valence-electron chi connectivity index (χ3n) is 1.05. The Morgan fingerprint density at radius 3 is 2.40 bits per heavy atom. The Morgan fingerprint density at radius 1 is 1.30 bits per heavy atom. The van der Waals surface area contributed by atoms with E-state index in [9.17, 15) is 0 Å². The summed E-state index contributed by atoms with van der Waals surface area (Å²) in [6.07, 6.45) is 0. The lowest BCUT2D eigenvalue weighted by Gasteiger charge is -2.10. The van der Waals surface area contributed by atoms with E-state index in [1.54, 1.807) is 6.92 Å². The Kier molecular flexibility index (Phi) is 2.05. The maximum absolute atomic E-state index is 7.07. The van der Waals surface area contributed by atoms with Crippen LogP contribution in [0.4, 0.5) is 5.69 Å². The second-order valence-corrected chi connectivity index (χ2v) is 2.03. The number of rotatable bonds is 1. The molecule has 0 aromatic heterocycles. The zero-order chi connectivity index (χ0) is 7.40. The van der Waals surface area contributed by atoms with Gasteiger partial charge in [-0.2, -0.15) is 0 Å². The van der Waals surface area contributed by atoms with Crippen molar-refractivity contribution in [1.29, 1.82) is 5.41 Å². The number of amidine groups is 1. The number of nitrogens with zero attached hydrogens (tertiary/aromatic N) is 1. The molecule has 2 nitrogen and oxygen atoms in total. The Hall–Kier alpha value is -1.31. The van der Waals surface area contributed by atoms with E-state index >= 15 is 0 Å². The summed E-state index contributed by atoms with van der Waals surface area (Å²) in [6.45, 7) is 1.66. The molecule has 1 aromatic rings. The van der Waals surface area contributed by atoms with Crippen LogP contribution in [0.15, 0.2) is 30.3 Å². The average Bonchev–Trinajstić information content (AvgIpc) is 1.88. The summed E-state index contributed by atoms with van der Waals surface area (Å²) >= 11 is 0. The fraction of sp³-hybridized carbons (Fsp3) is 0.125. The van der Waals surface area contributed by atoms with Gasteiger partial charge in [0.25, 0.3) is 0 Å². The van der Waals surface area contributed by atoms with Crippen LogP contribution in [0.1, 0.15) is 6.92 Å². The Bertz CT molecular complexity index is 216. The largest absolute Gasteiger partial charge is 0.486 e. The second kappa shape index (κ2) is 3.01. The first-order valence-corrected chi connectivity index (χ1v) is 3.11. The van der Waals surface area contributed by atoms with Gasteiger partial charge in [-0.05, 0) is 12.6 Å². The molecule has 1 N–H and O–H groups in total. The SMILES string of the molecule is CC(=N)[N-]c1ccccc1. The summed E-state index contributed by atoms with van der Waals surface area (Å²) in [5.74, 6) is 0.339. The van der Waals surface area contributed by atoms with E-state index < -0.39 is 0 Å². The van der Waals surface area contributed by atoms with Crippen molar-refractivity contribution >= 4 is 11.5 Å². The van der Waals surface area contributed by atoms with Crippen molar-refractivity contribution in [2.24, 2.45) is 0 Å². The molecule has 0 aliphatic carbocycles. The smallest absolute Gasteiger partial charge is 0.0417 e. The van der Waals surface area contributed by atoms with Crippen molar-refractivity contribution in [3.63, 3.8) is 0 Å². The predicted molar refractivity (Wildman–Crippen MR) is 42.9 cm³/mol. The van der Waals surface area contributed by atoms with Gasteiger partial charge in [-0.15, -0.1) is 0 Å². The number of para-hydroxylation sites is 1. The molecule has 0 aliphatic rings. The molecule has 0 saturated carbocycles. The molecule has 52 valence electrons. The third kappa shape index (κ3) is 1.90. The van der Waals surface area contributed by atoms with E-state index in [2.05, 4.69) is 5.32 Å². The zero-order valence-electron chi connectivity index (χ0n) is 5.83. The first-order chi connectivity index (χ1) is 4.79. The van der Waals surface area contributed by atoms with Gasteiger partial charge in [-0.25, -0.2) is 0 Å². The normalized spacial score (nSPS) is 8.90. The topological polar surface area (TPSA) is 38.0 Å². The van der Waals surface area contributed by atoms with Gasteiger partial charge >= 0.3 is 0 Å². The van der Waals surface area contributed by atoms with Crippen molar-refractivity contribution in [2.45, 2.75) is 6.92 Å². The van der Waals surface area contributed by atoms with Crippen LogP contribution in [-0.2, 0) is 0 Å². The number of hydrogen-bond donors (Lipinski definition) is 1. The molecule has 0 spiro atoms. The third-order valence-corrected chi connectivity index (χ3v) is 1.05. The minimum Gasteiger partial charge on any atom is -0.486 e. The highest BCUT2D eigenvalue weighted by Crippen LogP contribution is 2.15. The first-order valence-electron chi connectivity index (χ1n) is 3.11. The first kappa shape index (κ1) is 6.81. The van der Waals surface area contributed by atoms with Crippen LogP contribution in [0.5, 0.6) is 0 Å². The van der Waals surface area contributed by atoms with E-state index in [4.69, 9.17) is 5.41 Å². The summed E-state index contributed by atoms with van der Waals surface area (Å²) in [5.41, 5.74) is 0.843. The van der Waals surface area contributed by atoms with Crippen LogP contribution in [-0.4, -0.2) is 5.84 Å². The van der Waals surface area contributed by atoms with E-state index in [0.29, 0.717) is 5.84 Å². The van der Waals surface area contributed by atoms with Gasteiger partial charge in [0.1, 0.15) is 0 Å². The van der Waals surface area contributed by atoms with E-state index in [1.165, 1.54) is 0 Å². The van der Waals surface area contributed by atoms with Crippen molar-refractivity contribution < 1.29 is 0 Å². The fourth-order valence-corrected chi connectivity index (χ4v) is 0.696.